The summed E-state index contributed by atoms with van der Waals surface area (Å²) in [7, 11) is 0. The lowest BCUT2D eigenvalue weighted by Crippen LogP contribution is -2.43. The first-order valence-electron chi connectivity index (χ1n) is 6.58. The Bertz CT molecular complexity index is 718. The van der Waals surface area contributed by atoms with Gasteiger partial charge in [-0.05, 0) is 18.2 Å². The van der Waals surface area contributed by atoms with Gasteiger partial charge in [0.2, 0.25) is 0 Å². The van der Waals surface area contributed by atoms with Crippen molar-refractivity contribution in [2.24, 2.45) is 0 Å². The number of benzene rings is 2. The number of nitro groups is 1. The van der Waals surface area contributed by atoms with Crippen LogP contribution in [0.5, 0.6) is 5.75 Å². The minimum absolute atomic E-state index is 0.139. The van der Waals surface area contributed by atoms with E-state index in [1.54, 1.807) is 30.3 Å². The van der Waals surface area contributed by atoms with Crippen molar-refractivity contribution in [1.29, 1.82) is 0 Å². The van der Waals surface area contributed by atoms with Crippen molar-refractivity contribution in [3.63, 3.8) is 0 Å². The van der Waals surface area contributed by atoms with Crippen LogP contribution in [0, 0.1) is 10.1 Å². The predicted octanol–water partition coefficient (Wildman–Crippen LogP) is 1.43. The van der Waals surface area contributed by atoms with E-state index in [9.17, 15) is 19.7 Å². The first-order chi connectivity index (χ1) is 11.1. The van der Waals surface area contributed by atoms with Gasteiger partial charge in [0.15, 0.2) is 6.61 Å². The Kier molecular flexibility index (Phi) is 5.24. The van der Waals surface area contributed by atoms with Crippen molar-refractivity contribution in [2.75, 3.05) is 6.61 Å². The lowest BCUT2D eigenvalue weighted by atomic mass is 10.2. The molecule has 23 heavy (non-hydrogen) atoms. The molecule has 0 bridgehead atoms. The summed E-state index contributed by atoms with van der Waals surface area (Å²) in [6.07, 6.45) is 0. The summed E-state index contributed by atoms with van der Waals surface area (Å²) in [5, 5.41) is 10.6. The molecule has 2 N–H and O–H groups in total. The fourth-order valence-corrected chi connectivity index (χ4v) is 1.66. The third kappa shape index (κ3) is 4.81. The highest BCUT2D eigenvalue weighted by atomic mass is 16.6. The SMILES string of the molecule is O=C(COc1cccc([N+](=O)[O-])c1)NNC(=O)c1ccccc1. The zero-order valence-electron chi connectivity index (χ0n) is 11.9. The van der Waals surface area contributed by atoms with E-state index in [1.807, 2.05) is 0 Å². The summed E-state index contributed by atoms with van der Waals surface area (Å²) in [6, 6.07) is 13.8. The van der Waals surface area contributed by atoms with Gasteiger partial charge in [-0.3, -0.25) is 30.6 Å². The number of ether oxygens (including phenoxy) is 1. The molecule has 2 aromatic rings. The Morgan fingerprint density at radius 2 is 1.78 bits per heavy atom. The number of carbonyl (C=O) groups excluding carboxylic acids is 2. The van der Waals surface area contributed by atoms with Gasteiger partial charge >= 0.3 is 0 Å². The fourth-order valence-electron chi connectivity index (χ4n) is 1.66. The second kappa shape index (κ2) is 7.55. The molecule has 0 aliphatic heterocycles. The average Bonchev–Trinajstić information content (AvgIpc) is 2.58. The van der Waals surface area contributed by atoms with Crippen LogP contribution < -0.4 is 15.6 Å². The first-order valence-corrected chi connectivity index (χ1v) is 6.58. The number of nitrogens with zero attached hydrogens (tertiary/aromatic N) is 1. The molecular weight excluding hydrogens is 302 g/mol. The van der Waals surface area contributed by atoms with Gasteiger partial charge in [-0.25, -0.2) is 0 Å². The van der Waals surface area contributed by atoms with Crippen molar-refractivity contribution < 1.29 is 19.2 Å². The Morgan fingerprint density at radius 3 is 2.48 bits per heavy atom. The third-order valence-electron chi connectivity index (χ3n) is 2.75. The number of nitro benzene ring substituents is 1. The molecule has 0 radical (unpaired) electrons. The van der Waals surface area contributed by atoms with Crippen LogP contribution in [0.1, 0.15) is 10.4 Å². The number of hydrogen-bond donors (Lipinski definition) is 2. The largest absolute Gasteiger partial charge is 0.483 e. The van der Waals surface area contributed by atoms with Crippen LogP contribution >= 0.6 is 0 Å². The molecule has 2 rings (SSSR count). The van der Waals surface area contributed by atoms with Crippen molar-refractivity contribution in [1.82, 2.24) is 10.9 Å². The Balaban J connectivity index is 1.80. The Morgan fingerprint density at radius 1 is 1.04 bits per heavy atom. The molecule has 0 heterocycles. The predicted molar refractivity (Wildman–Crippen MR) is 80.6 cm³/mol. The van der Waals surface area contributed by atoms with E-state index in [2.05, 4.69) is 10.9 Å². The number of rotatable bonds is 5. The molecular formula is C15H13N3O5. The van der Waals surface area contributed by atoms with Crippen LogP contribution in [0.15, 0.2) is 54.6 Å². The third-order valence-corrected chi connectivity index (χ3v) is 2.75. The smallest absolute Gasteiger partial charge is 0.276 e. The average molecular weight is 315 g/mol. The quantitative estimate of drug-likeness (QED) is 0.640. The minimum Gasteiger partial charge on any atom is -0.483 e. The lowest BCUT2D eigenvalue weighted by Gasteiger charge is -2.08. The number of non-ortho nitro benzene ring substituents is 1. The maximum Gasteiger partial charge on any atom is 0.276 e. The van der Waals surface area contributed by atoms with Crippen LogP contribution in [-0.2, 0) is 4.79 Å². The van der Waals surface area contributed by atoms with Gasteiger partial charge in [-0.1, -0.05) is 24.3 Å². The van der Waals surface area contributed by atoms with E-state index in [1.165, 1.54) is 24.3 Å². The molecule has 0 aromatic heterocycles. The number of hydrogen-bond acceptors (Lipinski definition) is 5. The molecule has 0 saturated heterocycles. The van der Waals surface area contributed by atoms with E-state index in [4.69, 9.17) is 4.74 Å². The minimum atomic E-state index is -0.596. The highest BCUT2D eigenvalue weighted by Crippen LogP contribution is 2.18. The number of amides is 2. The summed E-state index contributed by atoms with van der Waals surface area (Å²) in [6.45, 7) is -0.393. The summed E-state index contributed by atoms with van der Waals surface area (Å²) in [5.74, 6) is -0.876. The van der Waals surface area contributed by atoms with Crippen LogP contribution in [0.25, 0.3) is 0 Å². The van der Waals surface area contributed by atoms with Crippen molar-refractivity contribution in [2.45, 2.75) is 0 Å². The summed E-state index contributed by atoms with van der Waals surface area (Å²) >= 11 is 0. The van der Waals surface area contributed by atoms with Crippen molar-refractivity contribution >= 4 is 17.5 Å². The molecule has 0 atom stereocenters. The van der Waals surface area contributed by atoms with E-state index >= 15 is 0 Å². The number of carbonyl (C=O) groups is 2. The monoisotopic (exact) mass is 315 g/mol. The molecule has 118 valence electrons. The van der Waals surface area contributed by atoms with Crippen molar-refractivity contribution in [3.8, 4) is 5.75 Å². The summed E-state index contributed by atoms with van der Waals surface area (Å²) < 4.78 is 5.13. The molecule has 2 aromatic carbocycles. The Labute approximate surface area is 131 Å². The molecule has 0 unspecified atom stereocenters. The van der Waals surface area contributed by atoms with E-state index in [0.29, 0.717) is 5.56 Å². The molecule has 8 nitrogen and oxygen atoms in total. The van der Waals surface area contributed by atoms with E-state index in [-0.39, 0.29) is 11.4 Å². The number of hydrazine groups is 1. The van der Waals surface area contributed by atoms with Crippen LogP contribution in [0.3, 0.4) is 0 Å². The zero-order valence-corrected chi connectivity index (χ0v) is 11.9. The summed E-state index contributed by atoms with van der Waals surface area (Å²) in [4.78, 5) is 33.4. The van der Waals surface area contributed by atoms with Gasteiger partial charge < -0.3 is 4.74 Å². The van der Waals surface area contributed by atoms with Crippen LogP contribution in [-0.4, -0.2) is 23.3 Å². The molecule has 0 aliphatic rings. The van der Waals surface area contributed by atoms with E-state index in [0.717, 1.165) is 0 Å². The van der Waals surface area contributed by atoms with Gasteiger partial charge in [0.25, 0.3) is 17.5 Å². The highest BCUT2D eigenvalue weighted by molar-refractivity contribution is 5.95. The van der Waals surface area contributed by atoms with Crippen LogP contribution in [0.2, 0.25) is 0 Å². The van der Waals surface area contributed by atoms with Crippen molar-refractivity contribution in [3.05, 3.63) is 70.3 Å². The first kappa shape index (κ1) is 16.0. The summed E-state index contributed by atoms with van der Waals surface area (Å²) in [5.41, 5.74) is 4.69. The highest BCUT2D eigenvalue weighted by Gasteiger charge is 2.09. The number of nitrogens with one attached hydrogen (secondary N) is 2. The zero-order chi connectivity index (χ0) is 16.7. The topological polar surface area (TPSA) is 111 Å². The maximum atomic E-state index is 11.7. The molecule has 2 amide bonds. The van der Waals surface area contributed by atoms with Crippen LogP contribution in [0.4, 0.5) is 5.69 Å². The molecule has 0 saturated carbocycles. The standard InChI is InChI=1S/C15H13N3O5/c19-14(16-17-15(20)11-5-2-1-3-6-11)10-23-13-8-4-7-12(9-13)18(21)22/h1-9H,10H2,(H,16,19)(H,17,20). The molecule has 8 heteroatoms. The Hall–Kier alpha value is -3.42. The molecule has 0 fully saturated rings. The van der Waals surface area contributed by atoms with E-state index < -0.39 is 23.3 Å². The second-order valence-electron chi connectivity index (χ2n) is 4.41. The normalized spacial score (nSPS) is 9.74. The van der Waals surface area contributed by atoms with Gasteiger partial charge in [0, 0.05) is 11.6 Å². The molecule has 0 aliphatic carbocycles. The van der Waals surface area contributed by atoms with Gasteiger partial charge in [0.05, 0.1) is 11.0 Å². The molecule has 0 spiro atoms. The lowest BCUT2D eigenvalue weighted by molar-refractivity contribution is -0.384. The van der Waals surface area contributed by atoms with Gasteiger partial charge in [0.1, 0.15) is 5.75 Å². The van der Waals surface area contributed by atoms with Gasteiger partial charge in [-0.2, -0.15) is 0 Å². The second-order valence-corrected chi connectivity index (χ2v) is 4.41. The van der Waals surface area contributed by atoms with Gasteiger partial charge in [-0.15, -0.1) is 0 Å². The maximum absolute atomic E-state index is 11.7. The fraction of sp³-hybridized carbons (Fsp3) is 0.0667.